The first kappa shape index (κ1) is 12.5. The molecule has 1 fully saturated rings. The van der Waals surface area contributed by atoms with E-state index in [1.54, 1.807) is 6.20 Å². The number of imide groups is 1. The van der Waals surface area contributed by atoms with E-state index in [1.165, 1.54) is 4.90 Å². The first-order chi connectivity index (χ1) is 9.75. The quantitative estimate of drug-likeness (QED) is 0.800. The molecule has 2 heterocycles. The van der Waals surface area contributed by atoms with Gasteiger partial charge in [0.15, 0.2) is 0 Å². The number of pyridine rings is 1. The highest BCUT2D eigenvalue weighted by atomic mass is 16.2. The monoisotopic (exact) mass is 266 g/mol. The lowest BCUT2D eigenvalue weighted by atomic mass is 9.98. The Morgan fingerprint density at radius 1 is 1.05 bits per heavy atom. The average Bonchev–Trinajstić information content (AvgIpc) is 2.77. The number of carbonyl (C=O) groups excluding carboxylic acids is 2. The van der Waals surface area contributed by atoms with Gasteiger partial charge in [-0.05, 0) is 17.7 Å². The maximum Gasteiger partial charge on any atom is 0.237 e. The van der Waals surface area contributed by atoms with Gasteiger partial charge in [0.1, 0.15) is 0 Å². The molecule has 1 aliphatic rings. The summed E-state index contributed by atoms with van der Waals surface area (Å²) < 4.78 is 0. The lowest BCUT2D eigenvalue weighted by molar-refractivity contribution is -0.139. The lowest BCUT2D eigenvalue weighted by Gasteiger charge is -2.14. The summed E-state index contributed by atoms with van der Waals surface area (Å²) in [5.74, 6) is -0.617. The second-order valence-electron chi connectivity index (χ2n) is 4.81. The third kappa shape index (κ3) is 2.32. The van der Waals surface area contributed by atoms with E-state index in [0.29, 0.717) is 0 Å². The van der Waals surface area contributed by atoms with Crippen LogP contribution >= 0.6 is 0 Å². The Labute approximate surface area is 117 Å². The minimum absolute atomic E-state index is 0.130. The molecule has 1 atom stereocenters. The zero-order valence-electron chi connectivity index (χ0n) is 10.9. The zero-order chi connectivity index (χ0) is 13.9. The summed E-state index contributed by atoms with van der Waals surface area (Å²) in [4.78, 5) is 29.9. The van der Waals surface area contributed by atoms with Crippen molar-refractivity contribution in [2.24, 2.45) is 0 Å². The molecule has 1 aromatic carbocycles. The van der Waals surface area contributed by atoms with Crippen molar-refractivity contribution in [2.75, 3.05) is 0 Å². The van der Waals surface area contributed by atoms with E-state index >= 15 is 0 Å². The van der Waals surface area contributed by atoms with E-state index in [2.05, 4.69) is 4.98 Å². The lowest BCUT2D eigenvalue weighted by Crippen LogP contribution is -2.30. The molecule has 4 nitrogen and oxygen atoms in total. The number of likely N-dealkylation sites (tertiary alicyclic amines) is 1. The van der Waals surface area contributed by atoms with Crippen LogP contribution in [0.4, 0.5) is 0 Å². The van der Waals surface area contributed by atoms with E-state index in [1.807, 2.05) is 48.5 Å². The maximum absolute atomic E-state index is 12.4. The van der Waals surface area contributed by atoms with Crippen LogP contribution in [0.5, 0.6) is 0 Å². The number of amides is 2. The SMILES string of the molecule is O=C1C[C@@H](c2ccccc2)C(=O)N1Cc1ccccn1. The van der Waals surface area contributed by atoms with Crippen molar-refractivity contribution in [3.05, 3.63) is 66.0 Å². The zero-order valence-corrected chi connectivity index (χ0v) is 10.9. The van der Waals surface area contributed by atoms with Gasteiger partial charge in [-0.2, -0.15) is 0 Å². The Hall–Kier alpha value is -2.49. The van der Waals surface area contributed by atoms with E-state index < -0.39 is 0 Å². The van der Waals surface area contributed by atoms with E-state index in [9.17, 15) is 9.59 Å². The molecule has 4 heteroatoms. The van der Waals surface area contributed by atoms with Crippen molar-refractivity contribution in [3.8, 4) is 0 Å². The summed E-state index contributed by atoms with van der Waals surface area (Å²) in [6.07, 6.45) is 1.91. The van der Waals surface area contributed by atoms with Gasteiger partial charge in [-0.25, -0.2) is 0 Å². The Kier molecular flexibility index (Phi) is 3.29. The molecule has 0 N–H and O–H groups in total. The van der Waals surface area contributed by atoms with Gasteiger partial charge in [-0.15, -0.1) is 0 Å². The second kappa shape index (κ2) is 5.25. The fourth-order valence-corrected chi connectivity index (χ4v) is 2.45. The molecule has 1 aliphatic heterocycles. The number of carbonyl (C=O) groups is 2. The number of aromatic nitrogens is 1. The van der Waals surface area contributed by atoms with Crippen LogP contribution in [-0.2, 0) is 16.1 Å². The Bertz CT molecular complexity index is 625. The van der Waals surface area contributed by atoms with Crippen molar-refractivity contribution < 1.29 is 9.59 Å². The van der Waals surface area contributed by atoms with Gasteiger partial charge in [-0.1, -0.05) is 36.4 Å². The molecule has 100 valence electrons. The molecule has 1 saturated heterocycles. The van der Waals surface area contributed by atoms with Crippen LogP contribution in [0.15, 0.2) is 54.7 Å². The highest BCUT2D eigenvalue weighted by molar-refractivity contribution is 6.06. The van der Waals surface area contributed by atoms with Crippen LogP contribution in [0, 0.1) is 0 Å². The number of benzene rings is 1. The van der Waals surface area contributed by atoms with Gasteiger partial charge in [-0.3, -0.25) is 19.5 Å². The molecule has 0 bridgehead atoms. The molecule has 0 saturated carbocycles. The highest BCUT2D eigenvalue weighted by Crippen LogP contribution is 2.30. The van der Waals surface area contributed by atoms with Gasteiger partial charge in [0.25, 0.3) is 0 Å². The first-order valence-corrected chi connectivity index (χ1v) is 6.55. The number of hydrogen-bond donors (Lipinski definition) is 0. The van der Waals surface area contributed by atoms with Gasteiger partial charge in [0.2, 0.25) is 11.8 Å². The number of nitrogens with zero attached hydrogens (tertiary/aromatic N) is 2. The summed E-state index contributed by atoms with van der Waals surface area (Å²) in [6.45, 7) is 0.252. The largest absolute Gasteiger partial charge is 0.276 e. The van der Waals surface area contributed by atoms with Crippen LogP contribution in [0.3, 0.4) is 0 Å². The summed E-state index contributed by atoms with van der Waals surface area (Å²) in [6, 6.07) is 14.9. The molecule has 0 radical (unpaired) electrons. The third-order valence-corrected chi connectivity index (χ3v) is 3.49. The first-order valence-electron chi connectivity index (χ1n) is 6.55. The van der Waals surface area contributed by atoms with Gasteiger partial charge in [0, 0.05) is 12.6 Å². The van der Waals surface area contributed by atoms with E-state index in [-0.39, 0.29) is 30.7 Å². The Balaban J connectivity index is 1.81. The average molecular weight is 266 g/mol. The predicted molar refractivity (Wildman–Crippen MR) is 73.6 cm³/mol. The minimum atomic E-state index is -0.354. The Morgan fingerprint density at radius 2 is 1.80 bits per heavy atom. The van der Waals surface area contributed by atoms with Crippen LogP contribution in [-0.4, -0.2) is 21.7 Å². The topological polar surface area (TPSA) is 50.3 Å². The van der Waals surface area contributed by atoms with Crippen LogP contribution in [0.2, 0.25) is 0 Å². The van der Waals surface area contributed by atoms with Gasteiger partial charge >= 0.3 is 0 Å². The number of rotatable bonds is 3. The fraction of sp³-hybridized carbons (Fsp3) is 0.188. The molecule has 2 amide bonds. The van der Waals surface area contributed by atoms with Gasteiger partial charge < -0.3 is 0 Å². The molecule has 20 heavy (non-hydrogen) atoms. The standard InChI is InChI=1S/C16H14N2O2/c19-15-10-14(12-6-2-1-3-7-12)16(20)18(15)11-13-8-4-5-9-17-13/h1-9,14H,10-11H2/t14-/m0/s1. The van der Waals surface area contributed by atoms with Crippen LogP contribution < -0.4 is 0 Å². The predicted octanol–water partition coefficient (Wildman–Crippen LogP) is 2.12. The molecular formula is C16H14N2O2. The minimum Gasteiger partial charge on any atom is -0.276 e. The number of hydrogen-bond acceptors (Lipinski definition) is 3. The normalized spacial score (nSPS) is 18.6. The smallest absolute Gasteiger partial charge is 0.237 e. The summed E-state index contributed by atoms with van der Waals surface area (Å²) in [7, 11) is 0. The molecule has 0 unspecified atom stereocenters. The highest BCUT2D eigenvalue weighted by Gasteiger charge is 2.39. The molecule has 2 aromatic rings. The van der Waals surface area contributed by atoms with E-state index in [0.717, 1.165) is 11.3 Å². The van der Waals surface area contributed by atoms with Crippen molar-refractivity contribution in [1.29, 1.82) is 0 Å². The van der Waals surface area contributed by atoms with Crippen molar-refractivity contribution in [2.45, 2.75) is 18.9 Å². The Morgan fingerprint density at radius 3 is 2.50 bits per heavy atom. The summed E-state index contributed by atoms with van der Waals surface area (Å²) >= 11 is 0. The van der Waals surface area contributed by atoms with Gasteiger partial charge in [0.05, 0.1) is 18.2 Å². The van der Waals surface area contributed by atoms with E-state index in [4.69, 9.17) is 0 Å². The van der Waals surface area contributed by atoms with Crippen molar-refractivity contribution in [3.63, 3.8) is 0 Å². The molecule has 3 rings (SSSR count). The summed E-state index contributed by atoms with van der Waals surface area (Å²) in [5, 5.41) is 0. The van der Waals surface area contributed by atoms with Crippen LogP contribution in [0.25, 0.3) is 0 Å². The molecular weight excluding hydrogens is 252 g/mol. The fourth-order valence-electron chi connectivity index (χ4n) is 2.45. The third-order valence-electron chi connectivity index (χ3n) is 3.49. The molecule has 1 aromatic heterocycles. The maximum atomic E-state index is 12.4. The van der Waals surface area contributed by atoms with Crippen molar-refractivity contribution in [1.82, 2.24) is 9.88 Å². The molecule has 0 spiro atoms. The summed E-state index contributed by atoms with van der Waals surface area (Å²) in [5.41, 5.74) is 1.62. The second-order valence-corrected chi connectivity index (χ2v) is 4.81. The molecule has 0 aliphatic carbocycles. The van der Waals surface area contributed by atoms with Crippen LogP contribution in [0.1, 0.15) is 23.6 Å². The van der Waals surface area contributed by atoms with Crippen molar-refractivity contribution >= 4 is 11.8 Å².